The van der Waals surface area contributed by atoms with Crippen LogP contribution in [0.3, 0.4) is 0 Å². The Morgan fingerprint density at radius 2 is 1.64 bits per heavy atom. The van der Waals surface area contributed by atoms with Gasteiger partial charge < -0.3 is 5.11 Å². The number of halogens is 1. The van der Waals surface area contributed by atoms with E-state index in [-0.39, 0.29) is 16.7 Å². The van der Waals surface area contributed by atoms with Gasteiger partial charge in [-0.15, -0.1) is 0 Å². The van der Waals surface area contributed by atoms with Crippen LogP contribution in [0.25, 0.3) is 5.76 Å². The van der Waals surface area contributed by atoms with Gasteiger partial charge in [0.25, 0.3) is 11.7 Å². The normalized spacial score (nSPS) is 18.1. The number of aliphatic hydroxyl groups is 1. The quantitative estimate of drug-likeness (QED) is 0.266. The summed E-state index contributed by atoms with van der Waals surface area (Å²) in [4.78, 5) is 32.1. The standard InChI is InChI=1S/C27H25BrN2O3/c1-16-5-6-18(27(2,3)4)15-21(16)24(31)22-23(17-11-13-29-14-12-17)30(26(33)25(22)32)20-9-7-19(28)8-10-20/h5-15,23,31H,1-4H3/b24-22+. The van der Waals surface area contributed by atoms with E-state index in [1.165, 1.54) is 4.90 Å². The molecule has 33 heavy (non-hydrogen) atoms. The van der Waals surface area contributed by atoms with Crippen molar-refractivity contribution in [1.82, 2.24) is 4.98 Å². The Labute approximate surface area is 201 Å². The molecule has 0 spiro atoms. The summed E-state index contributed by atoms with van der Waals surface area (Å²) >= 11 is 3.41. The number of rotatable bonds is 3. The number of carbonyl (C=O) groups excluding carboxylic acids is 2. The van der Waals surface area contributed by atoms with Crippen LogP contribution in [0.15, 0.2) is 77.0 Å². The van der Waals surface area contributed by atoms with E-state index in [2.05, 4.69) is 41.7 Å². The minimum atomic E-state index is -0.771. The van der Waals surface area contributed by atoms with Crippen molar-refractivity contribution in [1.29, 1.82) is 0 Å². The van der Waals surface area contributed by atoms with Gasteiger partial charge in [-0.2, -0.15) is 0 Å². The molecule has 0 bridgehead atoms. The van der Waals surface area contributed by atoms with E-state index >= 15 is 0 Å². The van der Waals surface area contributed by atoms with Gasteiger partial charge in [0.05, 0.1) is 11.6 Å². The van der Waals surface area contributed by atoms with Gasteiger partial charge in [0, 0.05) is 28.1 Å². The smallest absolute Gasteiger partial charge is 0.300 e. The van der Waals surface area contributed by atoms with E-state index in [9.17, 15) is 14.7 Å². The Bertz CT molecular complexity index is 1260. The fourth-order valence-corrected chi connectivity index (χ4v) is 4.31. The van der Waals surface area contributed by atoms with E-state index in [1.807, 2.05) is 37.3 Å². The molecule has 1 fully saturated rings. The molecule has 6 heteroatoms. The number of hydrogen-bond donors (Lipinski definition) is 1. The van der Waals surface area contributed by atoms with Gasteiger partial charge >= 0.3 is 0 Å². The van der Waals surface area contributed by atoms with Gasteiger partial charge in [-0.3, -0.25) is 19.5 Å². The van der Waals surface area contributed by atoms with E-state index < -0.39 is 17.7 Å². The lowest BCUT2D eigenvalue weighted by Crippen LogP contribution is -2.29. The predicted molar refractivity (Wildman–Crippen MR) is 133 cm³/mol. The molecule has 1 N–H and O–H groups in total. The lowest BCUT2D eigenvalue weighted by molar-refractivity contribution is -0.132. The van der Waals surface area contributed by atoms with Crippen LogP contribution in [0, 0.1) is 6.92 Å². The highest BCUT2D eigenvalue weighted by molar-refractivity contribution is 9.10. The highest BCUT2D eigenvalue weighted by Gasteiger charge is 2.47. The zero-order chi connectivity index (χ0) is 23.9. The van der Waals surface area contributed by atoms with Gasteiger partial charge in [0.2, 0.25) is 0 Å². The average Bonchev–Trinajstić information content (AvgIpc) is 3.05. The molecule has 1 aromatic heterocycles. The minimum absolute atomic E-state index is 0.0725. The van der Waals surface area contributed by atoms with Crippen LogP contribution >= 0.6 is 15.9 Å². The first-order chi connectivity index (χ1) is 15.6. The number of ketones is 1. The second kappa shape index (κ2) is 8.60. The first-order valence-electron chi connectivity index (χ1n) is 10.7. The fourth-order valence-electron chi connectivity index (χ4n) is 4.05. The molecule has 168 valence electrons. The van der Waals surface area contributed by atoms with Crippen LogP contribution in [0.5, 0.6) is 0 Å². The van der Waals surface area contributed by atoms with Gasteiger partial charge in [0.1, 0.15) is 5.76 Å². The van der Waals surface area contributed by atoms with Crippen molar-refractivity contribution < 1.29 is 14.7 Å². The van der Waals surface area contributed by atoms with E-state index in [0.717, 1.165) is 15.6 Å². The molecule has 1 unspecified atom stereocenters. The topological polar surface area (TPSA) is 70.5 Å². The third-order valence-electron chi connectivity index (χ3n) is 5.93. The van der Waals surface area contributed by atoms with Crippen molar-refractivity contribution in [2.45, 2.75) is 39.2 Å². The van der Waals surface area contributed by atoms with Crippen LogP contribution in [0.2, 0.25) is 0 Å². The van der Waals surface area contributed by atoms with Crippen molar-refractivity contribution in [3.8, 4) is 0 Å². The number of pyridine rings is 1. The summed E-state index contributed by atoms with van der Waals surface area (Å²) in [6.07, 6.45) is 3.23. The Hall–Kier alpha value is -3.25. The Kier molecular flexibility index (Phi) is 5.97. The molecular weight excluding hydrogens is 480 g/mol. The number of carbonyl (C=O) groups is 2. The van der Waals surface area contributed by atoms with Crippen LogP contribution in [0.1, 0.15) is 49.1 Å². The summed E-state index contributed by atoms with van der Waals surface area (Å²) in [5, 5.41) is 11.5. The summed E-state index contributed by atoms with van der Waals surface area (Å²) in [6.45, 7) is 8.15. The summed E-state index contributed by atoms with van der Waals surface area (Å²) in [5.74, 6) is -1.55. The SMILES string of the molecule is Cc1ccc(C(C)(C)C)cc1/C(O)=C1\C(=O)C(=O)N(c2ccc(Br)cc2)C1c1ccncc1. The maximum Gasteiger partial charge on any atom is 0.300 e. The largest absolute Gasteiger partial charge is 0.507 e. The summed E-state index contributed by atoms with van der Waals surface area (Å²) in [7, 11) is 0. The van der Waals surface area contributed by atoms with Crippen molar-refractivity contribution in [3.63, 3.8) is 0 Å². The van der Waals surface area contributed by atoms with Crippen LogP contribution in [0.4, 0.5) is 5.69 Å². The molecule has 5 nitrogen and oxygen atoms in total. The molecule has 1 saturated heterocycles. The van der Waals surface area contributed by atoms with Crippen molar-refractivity contribution >= 4 is 39.1 Å². The average molecular weight is 505 g/mol. The zero-order valence-electron chi connectivity index (χ0n) is 19.0. The predicted octanol–water partition coefficient (Wildman–Crippen LogP) is 6.08. The third-order valence-corrected chi connectivity index (χ3v) is 6.46. The van der Waals surface area contributed by atoms with Gasteiger partial charge in [0.15, 0.2) is 0 Å². The second-order valence-electron chi connectivity index (χ2n) is 9.21. The zero-order valence-corrected chi connectivity index (χ0v) is 20.6. The Morgan fingerprint density at radius 3 is 2.24 bits per heavy atom. The number of aliphatic hydroxyl groups excluding tert-OH is 1. The number of hydrogen-bond acceptors (Lipinski definition) is 4. The fraction of sp³-hybridized carbons (Fsp3) is 0.222. The second-order valence-corrected chi connectivity index (χ2v) is 10.1. The molecule has 1 atom stereocenters. The van der Waals surface area contributed by atoms with Gasteiger partial charge in [-0.25, -0.2) is 0 Å². The molecule has 0 aliphatic carbocycles. The number of Topliss-reactive ketones (excluding diaryl/α,β-unsaturated/α-hetero) is 1. The molecule has 1 aliphatic rings. The molecule has 2 aromatic carbocycles. The Balaban J connectivity index is 1.96. The molecule has 2 heterocycles. The molecular formula is C27H25BrN2O3. The first-order valence-corrected chi connectivity index (χ1v) is 11.5. The van der Waals surface area contributed by atoms with Crippen molar-refractivity contribution in [3.05, 3.63) is 99.3 Å². The van der Waals surface area contributed by atoms with Crippen LogP contribution < -0.4 is 4.90 Å². The van der Waals surface area contributed by atoms with Gasteiger partial charge in [-0.1, -0.05) is 48.8 Å². The summed E-state index contributed by atoms with van der Waals surface area (Å²) in [6, 6.07) is 15.8. The molecule has 0 radical (unpaired) electrons. The summed E-state index contributed by atoms with van der Waals surface area (Å²) in [5.41, 5.74) is 3.59. The number of aromatic nitrogens is 1. The summed E-state index contributed by atoms with van der Waals surface area (Å²) < 4.78 is 0.859. The molecule has 1 aliphatic heterocycles. The van der Waals surface area contributed by atoms with Crippen LogP contribution in [-0.2, 0) is 15.0 Å². The molecule has 1 amide bonds. The number of nitrogens with zero attached hydrogens (tertiary/aromatic N) is 2. The highest BCUT2D eigenvalue weighted by Crippen LogP contribution is 2.43. The minimum Gasteiger partial charge on any atom is -0.507 e. The van der Waals surface area contributed by atoms with Crippen molar-refractivity contribution in [2.75, 3.05) is 4.90 Å². The number of aryl methyl sites for hydroxylation is 1. The number of benzene rings is 2. The van der Waals surface area contributed by atoms with Crippen LogP contribution in [-0.4, -0.2) is 21.8 Å². The number of anilines is 1. The van der Waals surface area contributed by atoms with E-state index in [0.29, 0.717) is 16.8 Å². The molecule has 3 aromatic rings. The van der Waals surface area contributed by atoms with Gasteiger partial charge in [-0.05, 0) is 71.5 Å². The molecule has 4 rings (SSSR count). The third kappa shape index (κ3) is 4.23. The molecule has 0 saturated carbocycles. The first kappa shape index (κ1) is 22.9. The maximum absolute atomic E-state index is 13.3. The highest BCUT2D eigenvalue weighted by atomic mass is 79.9. The lowest BCUT2D eigenvalue weighted by atomic mass is 9.84. The van der Waals surface area contributed by atoms with Crippen molar-refractivity contribution in [2.24, 2.45) is 0 Å². The van der Waals surface area contributed by atoms with E-state index in [1.54, 1.807) is 36.7 Å². The van der Waals surface area contributed by atoms with E-state index in [4.69, 9.17) is 0 Å². The monoisotopic (exact) mass is 504 g/mol. The lowest BCUT2D eigenvalue weighted by Gasteiger charge is -2.26. The number of amides is 1. The Morgan fingerprint density at radius 1 is 1.00 bits per heavy atom. The maximum atomic E-state index is 13.3.